The van der Waals surface area contributed by atoms with Crippen molar-refractivity contribution in [1.82, 2.24) is 0 Å². The molecular weight excluding hydrogens is 190 g/mol. The Balaban J connectivity index is 3.24. The van der Waals surface area contributed by atoms with E-state index < -0.39 is 11.5 Å². The standard InChI is InChI=1S/C9H12ClNO2/c1-5-3-4-7(10)6(2)9(5,11)8(12)13/h3-5H,11H2,1-2H3,(H,12,13). The summed E-state index contributed by atoms with van der Waals surface area (Å²) in [5.74, 6) is -1.28. The van der Waals surface area contributed by atoms with Gasteiger partial charge in [-0.05, 0) is 18.6 Å². The van der Waals surface area contributed by atoms with Gasteiger partial charge in [0.25, 0.3) is 0 Å². The van der Waals surface area contributed by atoms with Crippen LogP contribution in [0.3, 0.4) is 0 Å². The largest absolute Gasteiger partial charge is 0.480 e. The average molecular weight is 202 g/mol. The van der Waals surface area contributed by atoms with Gasteiger partial charge in [0.05, 0.1) is 0 Å². The normalized spacial score (nSPS) is 33.7. The van der Waals surface area contributed by atoms with Gasteiger partial charge in [-0.15, -0.1) is 0 Å². The maximum Gasteiger partial charge on any atom is 0.328 e. The Kier molecular flexibility index (Phi) is 2.50. The van der Waals surface area contributed by atoms with E-state index in [1.54, 1.807) is 26.0 Å². The van der Waals surface area contributed by atoms with E-state index in [9.17, 15) is 4.79 Å². The molecule has 0 aromatic rings. The second-order valence-electron chi connectivity index (χ2n) is 3.29. The highest BCUT2D eigenvalue weighted by Crippen LogP contribution is 2.33. The van der Waals surface area contributed by atoms with Crippen LogP contribution in [0, 0.1) is 5.92 Å². The van der Waals surface area contributed by atoms with Crippen molar-refractivity contribution in [3.05, 3.63) is 22.8 Å². The maximum atomic E-state index is 11.0. The van der Waals surface area contributed by atoms with Crippen molar-refractivity contribution < 1.29 is 9.90 Å². The number of halogens is 1. The van der Waals surface area contributed by atoms with Gasteiger partial charge in [0.15, 0.2) is 0 Å². The van der Waals surface area contributed by atoms with Crippen molar-refractivity contribution in [1.29, 1.82) is 0 Å². The first kappa shape index (κ1) is 10.3. The van der Waals surface area contributed by atoms with Crippen LogP contribution in [0.5, 0.6) is 0 Å². The molecular formula is C9H12ClNO2. The van der Waals surface area contributed by atoms with Crippen LogP contribution in [0.1, 0.15) is 13.8 Å². The van der Waals surface area contributed by atoms with E-state index >= 15 is 0 Å². The Labute approximate surface area is 81.9 Å². The minimum Gasteiger partial charge on any atom is -0.480 e. The van der Waals surface area contributed by atoms with Crippen LogP contribution in [-0.4, -0.2) is 16.6 Å². The van der Waals surface area contributed by atoms with Crippen molar-refractivity contribution in [3.8, 4) is 0 Å². The number of carboxylic acid groups (broad SMARTS) is 1. The topological polar surface area (TPSA) is 63.3 Å². The number of nitrogens with two attached hydrogens (primary N) is 1. The zero-order chi connectivity index (χ0) is 10.2. The average Bonchev–Trinajstić information content (AvgIpc) is 2.08. The highest BCUT2D eigenvalue weighted by Gasteiger charge is 2.43. The summed E-state index contributed by atoms with van der Waals surface area (Å²) in [4.78, 5) is 11.0. The molecule has 0 bridgehead atoms. The fourth-order valence-corrected chi connectivity index (χ4v) is 1.63. The van der Waals surface area contributed by atoms with Gasteiger partial charge >= 0.3 is 5.97 Å². The number of hydrogen-bond donors (Lipinski definition) is 2. The van der Waals surface area contributed by atoms with E-state index in [0.29, 0.717) is 10.6 Å². The van der Waals surface area contributed by atoms with Crippen LogP contribution >= 0.6 is 11.6 Å². The van der Waals surface area contributed by atoms with Gasteiger partial charge in [-0.3, -0.25) is 0 Å². The molecule has 3 N–H and O–H groups in total. The summed E-state index contributed by atoms with van der Waals surface area (Å²) in [7, 11) is 0. The van der Waals surface area contributed by atoms with Crippen molar-refractivity contribution in [2.24, 2.45) is 11.7 Å². The first-order valence-electron chi connectivity index (χ1n) is 3.98. The number of carboxylic acids is 1. The van der Waals surface area contributed by atoms with Gasteiger partial charge in [0, 0.05) is 11.0 Å². The summed E-state index contributed by atoms with van der Waals surface area (Å²) in [5, 5.41) is 9.42. The molecule has 0 spiro atoms. The third-order valence-corrected chi connectivity index (χ3v) is 2.99. The van der Waals surface area contributed by atoms with Gasteiger partial charge in [-0.1, -0.05) is 24.6 Å². The van der Waals surface area contributed by atoms with Crippen molar-refractivity contribution in [3.63, 3.8) is 0 Å². The molecule has 2 atom stereocenters. The number of aliphatic carboxylic acids is 1. The fourth-order valence-electron chi connectivity index (χ4n) is 1.40. The third kappa shape index (κ3) is 1.38. The molecule has 0 aliphatic heterocycles. The molecule has 2 unspecified atom stereocenters. The highest BCUT2D eigenvalue weighted by molar-refractivity contribution is 6.32. The summed E-state index contributed by atoms with van der Waals surface area (Å²) in [5.41, 5.74) is 4.94. The predicted octanol–water partition coefficient (Wildman–Crippen LogP) is 1.49. The fraction of sp³-hybridized carbons (Fsp3) is 0.444. The molecule has 0 amide bonds. The molecule has 3 nitrogen and oxygen atoms in total. The van der Waals surface area contributed by atoms with Crippen LogP contribution in [-0.2, 0) is 4.79 Å². The van der Waals surface area contributed by atoms with Gasteiger partial charge in [-0.2, -0.15) is 0 Å². The summed E-state index contributed by atoms with van der Waals surface area (Å²) < 4.78 is 0. The smallest absolute Gasteiger partial charge is 0.328 e. The van der Waals surface area contributed by atoms with Gasteiger partial charge in [-0.25, -0.2) is 4.79 Å². The van der Waals surface area contributed by atoms with E-state index in [-0.39, 0.29) is 5.92 Å². The zero-order valence-corrected chi connectivity index (χ0v) is 8.30. The first-order chi connectivity index (χ1) is 5.90. The number of rotatable bonds is 1. The molecule has 0 aromatic heterocycles. The molecule has 0 heterocycles. The molecule has 0 radical (unpaired) electrons. The summed E-state index contributed by atoms with van der Waals surface area (Å²) >= 11 is 5.81. The van der Waals surface area contributed by atoms with Gasteiger partial charge < -0.3 is 10.8 Å². The second kappa shape index (κ2) is 3.16. The van der Waals surface area contributed by atoms with Crippen LogP contribution in [0.25, 0.3) is 0 Å². The summed E-state index contributed by atoms with van der Waals surface area (Å²) in [6, 6.07) is 0. The minimum atomic E-state index is -1.36. The molecule has 0 saturated heterocycles. The van der Waals surface area contributed by atoms with Gasteiger partial charge in [0.2, 0.25) is 0 Å². The van der Waals surface area contributed by atoms with Crippen molar-refractivity contribution in [2.45, 2.75) is 19.4 Å². The molecule has 4 heteroatoms. The van der Waals surface area contributed by atoms with E-state index in [4.69, 9.17) is 22.4 Å². The van der Waals surface area contributed by atoms with E-state index in [1.165, 1.54) is 0 Å². The lowest BCUT2D eigenvalue weighted by Gasteiger charge is -2.33. The monoisotopic (exact) mass is 201 g/mol. The molecule has 0 fully saturated rings. The molecule has 1 aliphatic rings. The number of allylic oxidation sites excluding steroid dienone is 2. The Morgan fingerprint density at radius 3 is 2.69 bits per heavy atom. The van der Waals surface area contributed by atoms with Gasteiger partial charge in [0.1, 0.15) is 5.54 Å². The van der Waals surface area contributed by atoms with Crippen molar-refractivity contribution in [2.75, 3.05) is 0 Å². The van der Waals surface area contributed by atoms with Crippen LogP contribution < -0.4 is 5.73 Å². The molecule has 72 valence electrons. The van der Waals surface area contributed by atoms with E-state index in [1.807, 2.05) is 0 Å². The van der Waals surface area contributed by atoms with E-state index in [2.05, 4.69) is 0 Å². The number of carbonyl (C=O) groups is 1. The Bertz CT molecular complexity index is 309. The molecule has 13 heavy (non-hydrogen) atoms. The van der Waals surface area contributed by atoms with Crippen molar-refractivity contribution >= 4 is 17.6 Å². The lowest BCUT2D eigenvalue weighted by Crippen LogP contribution is -2.54. The molecule has 1 aliphatic carbocycles. The second-order valence-corrected chi connectivity index (χ2v) is 3.70. The van der Waals surface area contributed by atoms with Crippen LogP contribution in [0.4, 0.5) is 0 Å². The molecule has 0 aromatic carbocycles. The third-order valence-electron chi connectivity index (χ3n) is 2.58. The molecule has 0 saturated carbocycles. The zero-order valence-electron chi connectivity index (χ0n) is 7.54. The molecule has 1 rings (SSSR count). The van der Waals surface area contributed by atoms with E-state index in [0.717, 1.165) is 0 Å². The first-order valence-corrected chi connectivity index (χ1v) is 4.35. The minimum absolute atomic E-state index is 0.243. The summed E-state index contributed by atoms with van der Waals surface area (Å²) in [6.45, 7) is 3.41. The Morgan fingerprint density at radius 2 is 2.31 bits per heavy atom. The Morgan fingerprint density at radius 1 is 1.77 bits per heavy atom. The van der Waals surface area contributed by atoms with Crippen LogP contribution in [0.15, 0.2) is 22.8 Å². The quantitative estimate of drug-likeness (QED) is 0.676. The maximum absolute atomic E-state index is 11.0. The lowest BCUT2D eigenvalue weighted by molar-refractivity contribution is -0.143. The SMILES string of the molecule is CC1=C(Cl)C=CC(C)C1(N)C(=O)O. The lowest BCUT2D eigenvalue weighted by atomic mass is 9.77. The highest BCUT2D eigenvalue weighted by atomic mass is 35.5. The predicted molar refractivity (Wildman–Crippen MR) is 51.4 cm³/mol. The summed E-state index contributed by atoms with van der Waals surface area (Å²) in [6.07, 6.45) is 3.40. The number of hydrogen-bond acceptors (Lipinski definition) is 2. The van der Waals surface area contributed by atoms with Crippen LogP contribution in [0.2, 0.25) is 0 Å². The Hall–Kier alpha value is -0.800.